The number of hydrogen-bond donors (Lipinski definition) is 1. The van der Waals surface area contributed by atoms with E-state index in [9.17, 15) is 5.11 Å². The number of ether oxygens (including phenoxy) is 2. The van der Waals surface area contributed by atoms with Crippen LogP contribution in [-0.4, -0.2) is 24.9 Å². The minimum Gasteiger partial charge on any atom is -0.496 e. The van der Waals surface area contributed by atoms with E-state index in [1.54, 1.807) is 14.2 Å². The van der Waals surface area contributed by atoms with Crippen molar-refractivity contribution in [1.82, 2.24) is 0 Å². The molecule has 18 heavy (non-hydrogen) atoms. The maximum Gasteiger partial charge on any atom is 0.122 e. The Morgan fingerprint density at radius 1 is 1.11 bits per heavy atom. The van der Waals surface area contributed by atoms with E-state index in [0.717, 1.165) is 30.8 Å². The van der Waals surface area contributed by atoms with Crippen molar-refractivity contribution >= 4 is 0 Å². The van der Waals surface area contributed by atoms with E-state index >= 15 is 0 Å². The second-order valence-corrected chi connectivity index (χ2v) is 5.69. The van der Waals surface area contributed by atoms with E-state index in [1.807, 2.05) is 19.1 Å². The monoisotopic (exact) mass is 248 g/mol. The van der Waals surface area contributed by atoms with Crippen LogP contribution in [0.5, 0.6) is 11.5 Å². The molecule has 1 fully saturated rings. The van der Waals surface area contributed by atoms with E-state index in [2.05, 4.69) is 0 Å². The molecule has 1 aromatic rings. The molecule has 0 saturated heterocycles. The summed E-state index contributed by atoms with van der Waals surface area (Å²) in [5.41, 5.74) is 1.82. The number of rotatable bonds is 2. The number of benzene rings is 1. The average Bonchev–Trinajstić information content (AvgIpc) is 2.36. The van der Waals surface area contributed by atoms with Gasteiger partial charge in [-0.1, -0.05) is 0 Å². The molecule has 0 aliphatic heterocycles. The summed E-state index contributed by atoms with van der Waals surface area (Å²) < 4.78 is 11.0. The smallest absolute Gasteiger partial charge is 0.122 e. The van der Waals surface area contributed by atoms with Gasteiger partial charge in [-0.05, 0) is 44.2 Å². The van der Waals surface area contributed by atoms with Crippen molar-refractivity contribution in [2.24, 2.45) is 0 Å². The van der Waals surface area contributed by atoms with Gasteiger partial charge in [-0.2, -0.15) is 0 Å². The third-order valence-corrected chi connectivity index (χ3v) is 4.62. The normalized spacial score (nSPS) is 33.1. The molecule has 2 bridgehead atoms. The summed E-state index contributed by atoms with van der Waals surface area (Å²) in [4.78, 5) is 0. The van der Waals surface area contributed by atoms with Gasteiger partial charge < -0.3 is 14.6 Å². The highest BCUT2D eigenvalue weighted by atomic mass is 16.5. The largest absolute Gasteiger partial charge is 0.496 e. The summed E-state index contributed by atoms with van der Waals surface area (Å²) >= 11 is 0. The first-order chi connectivity index (χ1) is 8.58. The molecule has 0 radical (unpaired) electrons. The average molecular weight is 248 g/mol. The van der Waals surface area contributed by atoms with Crippen LogP contribution >= 0.6 is 0 Å². The van der Waals surface area contributed by atoms with Crippen LogP contribution in [0.4, 0.5) is 0 Å². The molecule has 0 spiro atoms. The minimum absolute atomic E-state index is 0.169. The lowest BCUT2D eigenvalue weighted by Crippen LogP contribution is -2.43. The molecule has 0 aromatic heterocycles. The Morgan fingerprint density at radius 2 is 1.72 bits per heavy atom. The SMILES string of the molecule is COc1ccc(OC)c2c1[C@@H]1CC[C@H]2[C@](C)(O)C1. The first-order valence-electron chi connectivity index (χ1n) is 6.55. The minimum atomic E-state index is -0.616. The molecule has 3 aliphatic carbocycles. The highest BCUT2D eigenvalue weighted by Crippen LogP contribution is 2.58. The van der Waals surface area contributed by atoms with Gasteiger partial charge >= 0.3 is 0 Å². The molecule has 1 saturated carbocycles. The van der Waals surface area contributed by atoms with Crippen molar-refractivity contribution in [3.63, 3.8) is 0 Å². The van der Waals surface area contributed by atoms with Gasteiger partial charge in [-0.25, -0.2) is 0 Å². The van der Waals surface area contributed by atoms with Crippen molar-refractivity contribution in [1.29, 1.82) is 0 Å². The van der Waals surface area contributed by atoms with Crippen LogP contribution in [0.3, 0.4) is 0 Å². The summed E-state index contributed by atoms with van der Waals surface area (Å²) in [6.45, 7) is 1.95. The number of hydrogen-bond acceptors (Lipinski definition) is 3. The third kappa shape index (κ3) is 1.46. The van der Waals surface area contributed by atoms with Gasteiger partial charge in [0.2, 0.25) is 0 Å². The van der Waals surface area contributed by atoms with Gasteiger partial charge in [-0.3, -0.25) is 0 Å². The number of methoxy groups -OCH3 is 2. The van der Waals surface area contributed by atoms with Gasteiger partial charge in [0.05, 0.1) is 19.8 Å². The van der Waals surface area contributed by atoms with Gasteiger partial charge in [0.1, 0.15) is 11.5 Å². The molecule has 4 rings (SSSR count). The molecule has 0 heterocycles. The lowest BCUT2D eigenvalue weighted by molar-refractivity contribution is -0.0182. The number of fused-ring (bicyclic) bond motifs is 2. The third-order valence-electron chi connectivity index (χ3n) is 4.62. The zero-order chi connectivity index (χ0) is 12.9. The topological polar surface area (TPSA) is 38.7 Å². The van der Waals surface area contributed by atoms with Crippen LogP contribution < -0.4 is 9.47 Å². The predicted octanol–water partition coefficient (Wildman–Crippen LogP) is 2.82. The van der Waals surface area contributed by atoms with Crippen molar-refractivity contribution in [2.45, 2.75) is 43.6 Å². The van der Waals surface area contributed by atoms with Crippen molar-refractivity contribution in [3.05, 3.63) is 23.3 Å². The first-order valence-corrected chi connectivity index (χ1v) is 6.55. The van der Waals surface area contributed by atoms with E-state index in [1.165, 1.54) is 11.1 Å². The van der Waals surface area contributed by atoms with Gasteiger partial charge in [0, 0.05) is 17.0 Å². The Bertz CT molecular complexity index is 479. The molecular weight excluding hydrogens is 228 g/mol. The zero-order valence-corrected chi connectivity index (χ0v) is 11.2. The molecule has 1 aromatic carbocycles. The standard InChI is InChI=1S/C15H20O3/c1-15(16)8-9-4-5-10(15)14-12(18-3)7-6-11(17-2)13(9)14/h6-7,9-10,16H,4-5,8H2,1-3H3/t9-,10-,15-/m1/s1. The van der Waals surface area contributed by atoms with Gasteiger partial charge in [0.25, 0.3) is 0 Å². The van der Waals surface area contributed by atoms with Crippen molar-refractivity contribution < 1.29 is 14.6 Å². The van der Waals surface area contributed by atoms with Crippen LogP contribution in [0.15, 0.2) is 12.1 Å². The second-order valence-electron chi connectivity index (χ2n) is 5.69. The highest BCUT2D eigenvalue weighted by molar-refractivity contribution is 5.56. The molecule has 98 valence electrons. The summed E-state index contributed by atoms with van der Waals surface area (Å²) in [7, 11) is 3.40. The predicted molar refractivity (Wildman–Crippen MR) is 69.5 cm³/mol. The fraction of sp³-hybridized carbons (Fsp3) is 0.600. The van der Waals surface area contributed by atoms with E-state index < -0.39 is 5.60 Å². The van der Waals surface area contributed by atoms with E-state index in [0.29, 0.717) is 5.92 Å². The molecule has 3 atom stereocenters. The molecule has 1 N–H and O–H groups in total. The molecule has 0 unspecified atom stereocenters. The molecule has 3 heteroatoms. The summed E-state index contributed by atoms with van der Waals surface area (Å²) in [5, 5.41) is 10.6. The zero-order valence-electron chi connectivity index (χ0n) is 11.2. The highest BCUT2D eigenvalue weighted by Gasteiger charge is 2.48. The van der Waals surface area contributed by atoms with Crippen LogP contribution in [0.25, 0.3) is 0 Å². The summed E-state index contributed by atoms with van der Waals surface area (Å²) in [6, 6.07) is 3.93. The van der Waals surface area contributed by atoms with Crippen LogP contribution in [0, 0.1) is 0 Å². The fourth-order valence-electron chi connectivity index (χ4n) is 3.86. The summed E-state index contributed by atoms with van der Waals surface area (Å²) in [5.74, 6) is 2.39. The Hall–Kier alpha value is -1.22. The Balaban J connectivity index is 2.24. The van der Waals surface area contributed by atoms with Crippen molar-refractivity contribution in [2.75, 3.05) is 14.2 Å². The quantitative estimate of drug-likeness (QED) is 0.874. The number of aliphatic hydroxyl groups is 1. The Kier molecular flexibility index (Phi) is 2.56. The van der Waals surface area contributed by atoms with E-state index in [-0.39, 0.29) is 5.92 Å². The van der Waals surface area contributed by atoms with Crippen LogP contribution in [0.1, 0.15) is 49.1 Å². The Labute approximate surface area is 108 Å². The van der Waals surface area contributed by atoms with E-state index in [4.69, 9.17) is 9.47 Å². The van der Waals surface area contributed by atoms with Crippen molar-refractivity contribution in [3.8, 4) is 11.5 Å². The fourth-order valence-corrected chi connectivity index (χ4v) is 3.86. The summed E-state index contributed by atoms with van der Waals surface area (Å²) in [6.07, 6.45) is 3.00. The maximum absolute atomic E-state index is 10.6. The maximum atomic E-state index is 10.6. The lowest BCUT2D eigenvalue weighted by atomic mass is 9.59. The molecular formula is C15H20O3. The first kappa shape index (κ1) is 11.8. The molecule has 0 amide bonds. The molecule has 3 aliphatic rings. The lowest BCUT2D eigenvalue weighted by Gasteiger charge is -2.48. The Morgan fingerprint density at radius 3 is 2.28 bits per heavy atom. The van der Waals surface area contributed by atoms with Crippen LogP contribution in [-0.2, 0) is 0 Å². The second kappa shape index (κ2) is 3.89. The van der Waals surface area contributed by atoms with Gasteiger partial charge in [0.15, 0.2) is 0 Å². The molecule has 3 nitrogen and oxygen atoms in total. The van der Waals surface area contributed by atoms with Crippen LogP contribution in [0.2, 0.25) is 0 Å². The van der Waals surface area contributed by atoms with Gasteiger partial charge in [-0.15, -0.1) is 0 Å².